The van der Waals surface area contributed by atoms with Gasteiger partial charge in [-0.1, -0.05) is 12.1 Å². The Morgan fingerprint density at radius 2 is 1.76 bits per heavy atom. The maximum Gasteiger partial charge on any atom is 0.316 e. The fourth-order valence-electron chi connectivity index (χ4n) is 1.62. The van der Waals surface area contributed by atoms with Crippen LogP contribution in [-0.2, 0) is 11.2 Å². The molecular weight excluding hydrogens is 272 g/mol. The smallest absolute Gasteiger partial charge is 0.316 e. The monoisotopic (exact) mass is 294 g/mol. The van der Waals surface area contributed by atoms with Crippen molar-refractivity contribution in [3.05, 3.63) is 29.8 Å². The Morgan fingerprint density at radius 3 is 2.33 bits per heavy atom. The van der Waals surface area contributed by atoms with Gasteiger partial charge in [0, 0.05) is 27.2 Å². The summed E-state index contributed by atoms with van der Waals surface area (Å²) in [5, 5.41) is 14.5. The second-order valence-electron chi connectivity index (χ2n) is 4.89. The third kappa shape index (κ3) is 6.13. The van der Waals surface area contributed by atoms with Crippen molar-refractivity contribution in [2.75, 3.05) is 27.2 Å². The van der Waals surface area contributed by atoms with Crippen LogP contribution in [0.1, 0.15) is 5.56 Å². The molecule has 0 aliphatic carbocycles. The number of rotatable bonds is 6. The Hall–Kier alpha value is -2.28. The van der Waals surface area contributed by atoms with Crippen molar-refractivity contribution in [2.24, 2.45) is 5.73 Å². The number of carbonyl (C=O) groups excluding carboxylic acids is 2. The molecule has 116 valence electrons. The first-order valence-corrected chi connectivity index (χ1v) is 6.66. The molecule has 1 atom stereocenters. The van der Waals surface area contributed by atoms with E-state index in [-0.39, 0.29) is 17.7 Å². The van der Waals surface area contributed by atoms with Gasteiger partial charge in [-0.05, 0) is 24.1 Å². The van der Waals surface area contributed by atoms with Gasteiger partial charge >= 0.3 is 6.03 Å². The summed E-state index contributed by atoms with van der Waals surface area (Å²) in [5.41, 5.74) is 6.68. The Morgan fingerprint density at radius 1 is 1.19 bits per heavy atom. The molecule has 7 heteroatoms. The second-order valence-corrected chi connectivity index (χ2v) is 4.89. The molecule has 0 saturated heterocycles. The van der Waals surface area contributed by atoms with Gasteiger partial charge in [-0.3, -0.25) is 4.79 Å². The van der Waals surface area contributed by atoms with E-state index in [1.165, 1.54) is 4.90 Å². The number of phenolic OH excluding ortho intramolecular Hbond substituents is 1. The van der Waals surface area contributed by atoms with E-state index in [0.29, 0.717) is 19.5 Å². The lowest BCUT2D eigenvalue weighted by atomic mass is 10.1. The minimum absolute atomic E-state index is 0.174. The molecule has 0 aromatic heterocycles. The first-order chi connectivity index (χ1) is 9.90. The number of aromatic hydroxyl groups is 1. The number of urea groups is 1. The minimum Gasteiger partial charge on any atom is -0.508 e. The molecule has 0 aliphatic heterocycles. The van der Waals surface area contributed by atoms with E-state index < -0.39 is 6.04 Å². The van der Waals surface area contributed by atoms with Crippen LogP contribution in [0.4, 0.5) is 4.79 Å². The number of phenols is 1. The topological polar surface area (TPSA) is 108 Å². The number of carbonyl (C=O) groups is 2. The SMILES string of the molecule is CN(C)C(=O)NCCNC(=O)[C@@H](N)Cc1ccc(O)cc1. The van der Waals surface area contributed by atoms with Gasteiger partial charge < -0.3 is 26.4 Å². The Labute approximate surface area is 124 Å². The number of nitrogens with zero attached hydrogens (tertiary/aromatic N) is 1. The van der Waals surface area contributed by atoms with Crippen LogP contribution in [0.5, 0.6) is 5.75 Å². The van der Waals surface area contributed by atoms with Crippen molar-refractivity contribution in [1.29, 1.82) is 0 Å². The van der Waals surface area contributed by atoms with Crippen LogP contribution in [0.15, 0.2) is 24.3 Å². The average molecular weight is 294 g/mol. The van der Waals surface area contributed by atoms with E-state index in [2.05, 4.69) is 10.6 Å². The summed E-state index contributed by atoms with van der Waals surface area (Å²) in [6.45, 7) is 0.663. The quantitative estimate of drug-likeness (QED) is 0.538. The number of nitrogens with one attached hydrogen (secondary N) is 2. The lowest BCUT2D eigenvalue weighted by molar-refractivity contribution is -0.122. The van der Waals surface area contributed by atoms with E-state index in [9.17, 15) is 14.7 Å². The second kappa shape index (κ2) is 8.11. The van der Waals surface area contributed by atoms with Gasteiger partial charge in [-0.2, -0.15) is 0 Å². The molecule has 1 aromatic rings. The molecule has 0 saturated carbocycles. The highest BCUT2D eigenvalue weighted by molar-refractivity contribution is 5.81. The fourth-order valence-corrected chi connectivity index (χ4v) is 1.62. The molecule has 1 rings (SSSR count). The highest BCUT2D eigenvalue weighted by Crippen LogP contribution is 2.10. The number of nitrogens with two attached hydrogens (primary N) is 1. The van der Waals surface area contributed by atoms with Gasteiger partial charge in [0.1, 0.15) is 5.75 Å². The Kier molecular flexibility index (Phi) is 6.48. The predicted molar refractivity (Wildman–Crippen MR) is 79.9 cm³/mol. The van der Waals surface area contributed by atoms with Crippen LogP contribution in [0.25, 0.3) is 0 Å². The zero-order valence-corrected chi connectivity index (χ0v) is 12.3. The van der Waals surface area contributed by atoms with Gasteiger partial charge in [-0.15, -0.1) is 0 Å². The van der Waals surface area contributed by atoms with Gasteiger partial charge in [0.2, 0.25) is 5.91 Å². The van der Waals surface area contributed by atoms with Gasteiger partial charge in [0.25, 0.3) is 0 Å². The van der Waals surface area contributed by atoms with Gasteiger partial charge in [0.05, 0.1) is 6.04 Å². The van der Waals surface area contributed by atoms with Crippen molar-refractivity contribution in [2.45, 2.75) is 12.5 Å². The Balaban J connectivity index is 2.28. The molecule has 21 heavy (non-hydrogen) atoms. The number of hydrogen-bond acceptors (Lipinski definition) is 4. The molecule has 0 spiro atoms. The molecule has 0 bridgehead atoms. The van der Waals surface area contributed by atoms with E-state index in [1.54, 1.807) is 38.4 Å². The minimum atomic E-state index is -0.668. The molecule has 5 N–H and O–H groups in total. The largest absolute Gasteiger partial charge is 0.508 e. The van der Waals surface area contributed by atoms with E-state index in [4.69, 9.17) is 5.73 Å². The van der Waals surface area contributed by atoms with Crippen molar-refractivity contribution < 1.29 is 14.7 Å². The van der Waals surface area contributed by atoms with Crippen LogP contribution in [0.3, 0.4) is 0 Å². The molecule has 0 heterocycles. The number of hydrogen-bond donors (Lipinski definition) is 4. The summed E-state index contributed by atoms with van der Waals surface area (Å²) in [4.78, 5) is 24.4. The van der Waals surface area contributed by atoms with Crippen LogP contribution >= 0.6 is 0 Å². The standard InChI is InChI=1S/C14H22N4O3/c1-18(2)14(21)17-8-7-16-13(20)12(15)9-10-3-5-11(19)6-4-10/h3-6,12,19H,7-9,15H2,1-2H3,(H,16,20)(H,17,21)/t12-/m0/s1. The van der Waals surface area contributed by atoms with Crippen molar-refractivity contribution >= 4 is 11.9 Å². The molecule has 0 aliphatic rings. The van der Waals surface area contributed by atoms with Crippen LogP contribution in [-0.4, -0.2) is 55.2 Å². The van der Waals surface area contributed by atoms with Crippen molar-refractivity contribution in [1.82, 2.24) is 15.5 Å². The lowest BCUT2D eigenvalue weighted by Gasteiger charge is -2.14. The summed E-state index contributed by atoms with van der Waals surface area (Å²) in [7, 11) is 3.28. The molecule has 0 unspecified atom stereocenters. The maximum atomic E-state index is 11.8. The highest BCUT2D eigenvalue weighted by Gasteiger charge is 2.13. The van der Waals surface area contributed by atoms with Gasteiger partial charge in [0.15, 0.2) is 0 Å². The van der Waals surface area contributed by atoms with Crippen molar-refractivity contribution in [3.63, 3.8) is 0 Å². The highest BCUT2D eigenvalue weighted by atomic mass is 16.3. The van der Waals surface area contributed by atoms with E-state index in [1.807, 2.05) is 0 Å². The third-order valence-electron chi connectivity index (χ3n) is 2.84. The van der Waals surface area contributed by atoms with Crippen LogP contribution < -0.4 is 16.4 Å². The van der Waals surface area contributed by atoms with E-state index in [0.717, 1.165) is 5.56 Å². The summed E-state index contributed by atoms with van der Waals surface area (Å²) < 4.78 is 0. The van der Waals surface area contributed by atoms with Crippen LogP contribution in [0.2, 0.25) is 0 Å². The zero-order valence-electron chi connectivity index (χ0n) is 12.3. The predicted octanol–water partition coefficient (Wildman–Crippen LogP) is -0.351. The summed E-state index contributed by atoms with van der Waals surface area (Å²) in [5.74, 6) is -0.101. The molecule has 3 amide bonds. The molecular formula is C14H22N4O3. The zero-order chi connectivity index (χ0) is 15.8. The summed E-state index contributed by atoms with van der Waals surface area (Å²) in [6, 6.07) is 5.67. The van der Waals surface area contributed by atoms with Crippen LogP contribution in [0, 0.1) is 0 Å². The third-order valence-corrected chi connectivity index (χ3v) is 2.84. The first-order valence-electron chi connectivity index (χ1n) is 6.66. The lowest BCUT2D eigenvalue weighted by Crippen LogP contribution is -2.45. The van der Waals surface area contributed by atoms with Gasteiger partial charge in [-0.25, -0.2) is 4.79 Å². The molecule has 7 nitrogen and oxygen atoms in total. The summed E-state index contributed by atoms with van der Waals surface area (Å²) >= 11 is 0. The number of benzene rings is 1. The summed E-state index contributed by atoms with van der Waals surface area (Å²) in [6.07, 6.45) is 0.385. The molecule has 0 radical (unpaired) electrons. The van der Waals surface area contributed by atoms with Crippen molar-refractivity contribution in [3.8, 4) is 5.75 Å². The average Bonchev–Trinajstić information content (AvgIpc) is 2.45. The molecule has 1 aromatic carbocycles. The number of amides is 3. The molecule has 0 fully saturated rings. The first kappa shape index (κ1) is 16.8. The normalized spacial score (nSPS) is 11.6. The fraction of sp³-hybridized carbons (Fsp3) is 0.429. The van der Waals surface area contributed by atoms with E-state index >= 15 is 0 Å². The maximum absolute atomic E-state index is 11.8. The Bertz CT molecular complexity index is 474.